The van der Waals surface area contributed by atoms with Crippen molar-refractivity contribution in [3.05, 3.63) is 101 Å². The summed E-state index contributed by atoms with van der Waals surface area (Å²) in [7, 11) is 1.59. The van der Waals surface area contributed by atoms with Crippen molar-refractivity contribution in [2.75, 3.05) is 32.5 Å². The number of piperazine rings is 1. The van der Waals surface area contributed by atoms with Crippen LogP contribution in [-0.2, 0) is 29.1 Å². The van der Waals surface area contributed by atoms with Gasteiger partial charge in [0.15, 0.2) is 5.13 Å². The summed E-state index contributed by atoms with van der Waals surface area (Å²) < 4.78 is 6.24. The highest BCUT2D eigenvalue weighted by molar-refractivity contribution is 7.22. The van der Waals surface area contributed by atoms with E-state index >= 15 is 0 Å². The van der Waals surface area contributed by atoms with Gasteiger partial charge in [0.05, 0.1) is 37.0 Å². The molecule has 0 spiro atoms. The average molecular weight is 660 g/mol. The van der Waals surface area contributed by atoms with E-state index in [1.807, 2.05) is 54.6 Å². The van der Waals surface area contributed by atoms with Crippen molar-refractivity contribution < 1.29 is 19.1 Å². The number of aromatic nitrogens is 1. The number of carbonyl (C=O) groups excluding carboxylic acids is 3. The maximum Gasteiger partial charge on any atom is 0.332 e. The van der Waals surface area contributed by atoms with Gasteiger partial charge in [0.25, 0.3) is 0 Å². The lowest BCUT2D eigenvalue weighted by atomic mass is 9.99. The smallest absolute Gasteiger partial charge is 0.332 e. The topological polar surface area (TPSA) is 124 Å². The number of methoxy groups -OCH3 is 1. The Morgan fingerprint density at radius 3 is 2.70 bits per heavy atom. The molecule has 3 heterocycles. The molecule has 4 amide bonds. The van der Waals surface area contributed by atoms with Crippen molar-refractivity contribution in [3.8, 4) is 5.75 Å². The van der Waals surface area contributed by atoms with Crippen molar-refractivity contribution in [2.45, 2.75) is 31.7 Å². The number of halogens is 1. The summed E-state index contributed by atoms with van der Waals surface area (Å²) in [6.45, 7) is 4.65. The first-order chi connectivity index (χ1) is 22.2. The van der Waals surface area contributed by atoms with Crippen LogP contribution in [0.2, 0.25) is 5.02 Å². The van der Waals surface area contributed by atoms with Crippen LogP contribution in [0.1, 0.15) is 16.7 Å². The summed E-state index contributed by atoms with van der Waals surface area (Å²) in [6, 6.07) is 19.3. The number of thiazole rings is 1. The number of rotatable bonds is 10. The van der Waals surface area contributed by atoms with Crippen LogP contribution < -0.4 is 15.8 Å². The van der Waals surface area contributed by atoms with E-state index in [0.29, 0.717) is 22.3 Å². The molecule has 0 radical (unpaired) electrons. The lowest BCUT2D eigenvalue weighted by Gasteiger charge is -2.46. The van der Waals surface area contributed by atoms with Crippen molar-refractivity contribution >= 4 is 56.1 Å². The van der Waals surface area contributed by atoms with Gasteiger partial charge in [-0.1, -0.05) is 65.4 Å². The predicted molar refractivity (Wildman–Crippen MR) is 178 cm³/mol. The maximum absolute atomic E-state index is 14.2. The third kappa shape index (κ3) is 6.37. The van der Waals surface area contributed by atoms with Crippen LogP contribution in [0.3, 0.4) is 0 Å². The molecule has 6 rings (SSSR count). The molecule has 11 nitrogen and oxygen atoms in total. The third-order valence-electron chi connectivity index (χ3n) is 8.21. The SMILES string of the molecule is C=CCN(C(=O)NCc1cccc(Cl)c1)N1CC(=O)N2[C@@H](Cc3ccc(OC)cc3)C(=O)N(Cc3cccc4sc(N)nc34)C[C@@H]21. The second kappa shape index (κ2) is 13.4. The maximum atomic E-state index is 14.2. The molecule has 0 aliphatic carbocycles. The van der Waals surface area contributed by atoms with E-state index in [1.165, 1.54) is 16.3 Å². The number of urea groups is 1. The minimum atomic E-state index is -0.788. The fraction of sp³-hybridized carbons (Fsp3) is 0.273. The summed E-state index contributed by atoms with van der Waals surface area (Å²) in [6.07, 6.45) is 1.32. The van der Waals surface area contributed by atoms with Crippen molar-refractivity contribution in [1.82, 2.24) is 30.1 Å². The largest absolute Gasteiger partial charge is 0.497 e. The first-order valence-corrected chi connectivity index (χ1v) is 16.0. The lowest BCUT2D eigenvalue weighted by Crippen LogP contribution is -2.66. The number of fused-ring (bicyclic) bond motifs is 2. The Labute approximate surface area is 275 Å². The van der Waals surface area contributed by atoms with Crippen molar-refractivity contribution in [3.63, 3.8) is 0 Å². The van der Waals surface area contributed by atoms with Crippen LogP contribution in [0, 0.1) is 0 Å². The van der Waals surface area contributed by atoms with E-state index in [9.17, 15) is 14.4 Å². The van der Waals surface area contributed by atoms with Gasteiger partial charge in [-0.25, -0.2) is 9.78 Å². The zero-order valence-electron chi connectivity index (χ0n) is 25.3. The Balaban J connectivity index is 1.31. The molecule has 0 saturated carbocycles. The molecule has 1 aromatic heterocycles. The fourth-order valence-electron chi connectivity index (χ4n) is 6.07. The quantitative estimate of drug-likeness (QED) is 0.244. The van der Waals surface area contributed by atoms with E-state index in [0.717, 1.165) is 26.9 Å². The molecule has 46 heavy (non-hydrogen) atoms. The van der Waals surface area contributed by atoms with E-state index in [-0.39, 0.29) is 44.5 Å². The minimum absolute atomic E-state index is 0.0679. The molecule has 4 aromatic rings. The van der Waals surface area contributed by atoms with Gasteiger partial charge in [-0.2, -0.15) is 5.01 Å². The molecule has 0 bridgehead atoms. The molecular weight excluding hydrogens is 626 g/mol. The van der Waals surface area contributed by atoms with Gasteiger partial charge < -0.3 is 25.6 Å². The van der Waals surface area contributed by atoms with E-state index < -0.39 is 18.2 Å². The molecule has 3 aromatic carbocycles. The number of hydrogen-bond acceptors (Lipinski definition) is 8. The minimum Gasteiger partial charge on any atom is -0.497 e. The summed E-state index contributed by atoms with van der Waals surface area (Å²) in [4.78, 5) is 49.5. The number of carbonyl (C=O) groups is 3. The number of anilines is 1. The molecular formula is C33H34ClN7O4S. The first kappa shape index (κ1) is 31.3. The van der Waals surface area contributed by atoms with Crippen LogP contribution in [-0.4, -0.2) is 81.6 Å². The number of hydrazine groups is 1. The van der Waals surface area contributed by atoms with Gasteiger partial charge in [0, 0.05) is 24.5 Å². The van der Waals surface area contributed by atoms with Crippen molar-refractivity contribution in [1.29, 1.82) is 0 Å². The van der Waals surface area contributed by atoms with Gasteiger partial charge in [-0.3, -0.25) is 14.6 Å². The van der Waals surface area contributed by atoms with Gasteiger partial charge >= 0.3 is 6.03 Å². The van der Waals surface area contributed by atoms with E-state index in [1.54, 1.807) is 40.1 Å². The monoisotopic (exact) mass is 659 g/mol. The number of benzene rings is 3. The molecule has 2 saturated heterocycles. The number of nitrogen functional groups attached to an aromatic ring is 1. The molecule has 2 aliphatic heterocycles. The molecule has 238 valence electrons. The summed E-state index contributed by atoms with van der Waals surface area (Å²) in [5, 5.41) is 7.18. The van der Waals surface area contributed by atoms with Crippen LogP contribution in [0.4, 0.5) is 9.93 Å². The number of nitrogens with one attached hydrogen (secondary N) is 1. The highest BCUT2D eigenvalue weighted by atomic mass is 35.5. The number of nitrogens with two attached hydrogens (primary N) is 1. The van der Waals surface area contributed by atoms with E-state index in [2.05, 4.69) is 16.9 Å². The molecule has 13 heteroatoms. The molecule has 2 fully saturated rings. The third-order valence-corrected chi connectivity index (χ3v) is 9.30. The Kier molecular flexibility index (Phi) is 9.11. The molecule has 3 N–H and O–H groups in total. The lowest BCUT2D eigenvalue weighted by molar-refractivity contribution is -0.157. The highest BCUT2D eigenvalue weighted by Gasteiger charge is 2.52. The first-order valence-electron chi connectivity index (χ1n) is 14.8. The van der Waals surface area contributed by atoms with E-state index in [4.69, 9.17) is 22.1 Å². The number of para-hydroxylation sites is 1. The van der Waals surface area contributed by atoms with Gasteiger partial charge in [0.1, 0.15) is 18.0 Å². The van der Waals surface area contributed by atoms with Gasteiger partial charge in [-0.05, 0) is 47.0 Å². The highest BCUT2D eigenvalue weighted by Crippen LogP contribution is 2.32. The van der Waals surface area contributed by atoms with Gasteiger partial charge in [0.2, 0.25) is 11.8 Å². The Hall–Kier alpha value is -4.65. The zero-order valence-corrected chi connectivity index (χ0v) is 26.8. The Morgan fingerprint density at radius 1 is 1.17 bits per heavy atom. The molecule has 2 atom stereocenters. The Morgan fingerprint density at radius 2 is 1.96 bits per heavy atom. The molecule has 0 unspecified atom stereocenters. The van der Waals surface area contributed by atoms with Crippen LogP contribution >= 0.6 is 22.9 Å². The fourth-order valence-corrected chi connectivity index (χ4v) is 7.07. The number of nitrogens with zero attached hydrogens (tertiary/aromatic N) is 5. The predicted octanol–water partition coefficient (Wildman–Crippen LogP) is 4.28. The summed E-state index contributed by atoms with van der Waals surface area (Å²) in [5.74, 6) is 0.284. The number of hydrogen-bond donors (Lipinski definition) is 2. The second-order valence-corrected chi connectivity index (χ2v) is 12.6. The Bertz CT molecular complexity index is 1780. The zero-order chi connectivity index (χ0) is 32.4. The standard InChI is InChI=1S/C33H34ClN7O4S/c1-3-14-39(33(44)36-17-22-6-4-8-24(34)15-22)40-20-29(42)41-26(16-21-10-12-25(45-2)13-11-21)31(43)38(19-28(40)41)18-23-7-5-9-27-30(23)37-32(35)46-27/h3-13,15,26,28H,1,14,16-20H2,2H3,(H2,35,37)(H,36,44)/t26-,28+/m0/s1. The summed E-state index contributed by atoms with van der Waals surface area (Å²) >= 11 is 7.53. The normalized spacial score (nSPS) is 18.1. The van der Waals surface area contributed by atoms with Crippen molar-refractivity contribution in [2.24, 2.45) is 0 Å². The van der Waals surface area contributed by atoms with Crippen LogP contribution in [0.5, 0.6) is 5.75 Å². The van der Waals surface area contributed by atoms with Crippen LogP contribution in [0.25, 0.3) is 10.2 Å². The average Bonchev–Trinajstić information content (AvgIpc) is 3.59. The van der Waals surface area contributed by atoms with Crippen LogP contribution in [0.15, 0.2) is 79.4 Å². The van der Waals surface area contributed by atoms with Gasteiger partial charge in [-0.15, -0.1) is 6.58 Å². The molecule has 2 aliphatic rings. The number of ether oxygens (including phenoxy) is 1. The number of amides is 4. The summed E-state index contributed by atoms with van der Waals surface area (Å²) in [5.41, 5.74) is 9.34. The second-order valence-electron chi connectivity index (χ2n) is 11.1.